The Morgan fingerprint density at radius 1 is 1.43 bits per heavy atom. The zero-order valence-corrected chi connectivity index (χ0v) is 13.4. The van der Waals surface area contributed by atoms with Gasteiger partial charge in [-0.2, -0.15) is 0 Å². The van der Waals surface area contributed by atoms with Crippen LogP contribution in [0.1, 0.15) is 21.9 Å². The van der Waals surface area contributed by atoms with E-state index in [0.717, 1.165) is 34.3 Å². The number of carbonyl (C=O) groups is 1. The van der Waals surface area contributed by atoms with Crippen LogP contribution in [0, 0.1) is 0 Å². The smallest absolute Gasteiger partial charge is 0.277 e. The van der Waals surface area contributed by atoms with Crippen molar-refractivity contribution < 1.29 is 9.53 Å². The third-order valence-corrected chi connectivity index (χ3v) is 5.19. The van der Waals surface area contributed by atoms with Crippen molar-refractivity contribution in [1.29, 1.82) is 0 Å². The molecule has 0 saturated carbocycles. The predicted molar refractivity (Wildman–Crippen MR) is 86.3 cm³/mol. The Morgan fingerprint density at radius 3 is 3.14 bits per heavy atom. The van der Waals surface area contributed by atoms with E-state index in [9.17, 15) is 4.79 Å². The number of benzene rings is 1. The van der Waals surface area contributed by atoms with E-state index in [-0.39, 0.29) is 5.91 Å². The summed E-state index contributed by atoms with van der Waals surface area (Å²) < 4.78 is 5.06. The van der Waals surface area contributed by atoms with Gasteiger partial charge >= 0.3 is 0 Å². The van der Waals surface area contributed by atoms with Crippen LogP contribution in [0.15, 0.2) is 34.5 Å². The van der Waals surface area contributed by atoms with Gasteiger partial charge in [-0.3, -0.25) is 4.79 Å². The van der Waals surface area contributed by atoms with Crippen LogP contribution in [0.25, 0.3) is 0 Å². The highest BCUT2D eigenvalue weighted by molar-refractivity contribution is 7.99. The lowest BCUT2D eigenvalue weighted by molar-refractivity contribution is 0.0982. The second kappa shape index (κ2) is 6.60. The highest BCUT2D eigenvalue weighted by Crippen LogP contribution is 2.34. The first-order chi connectivity index (χ1) is 10.3. The van der Waals surface area contributed by atoms with Crippen LogP contribution >= 0.6 is 23.1 Å². The summed E-state index contributed by atoms with van der Waals surface area (Å²) in [5.74, 6) is 1.01. The van der Waals surface area contributed by atoms with E-state index in [1.54, 1.807) is 7.11 Å². The topological polar surface area (TPSA) is 42.4 Å². The van der Waals surface area contributed by atoms with Crippen LogP contribution in [-0.4, -0.2) is 30.3 Å². The Labute approximate surface area is 132 Å². The van der Waals surface area contributed by atoms with Crippen molar-refractivity contribution in [1.82, 2.24) is 4.98 Å². The molecule has 6 heteroatoms. The van der Waals surface area contributed by atoms with E-state index in [1.807, 2.05) is 40.2 Å². The maximum Gasteiger partial charge on any atom is 0.277 e. The normalized spacial score (nSPS) is 14.6. The van der Waals surface area contributed by atoms with Gasteiger partial charge < -0.3 is 9.64 Å². The average molecular weight is 320 g/mol. The molecule has 3 rings (SSSR count). The number of hydrogen-bond acceptors (Lipinski definition) is 5. The van der Waals surface area contributed by atoms with Crippen molar-refractivity contribution in [2.45, 2.75) is 17.9 Å². The molecule has 21 heavy (non-hydrogen) atoms. The summed E-state index contributed by atoms with van der Waals surface area (Å²) >= 11 is 3.27. The Kier molecular flexibility index (Phi) is 4.57. The van der Waals surface area contributed by atoms with E-state index >= 15 is 0 Å². The van der Waals surface area contributed by atoms with Crippen molar-refractivity contribution in [3.8, 4) is 0 Å². The van der Waals surface area contributed by atoms with E-state index in [2.05, 4.69) is 11.1 Å². The molecule has 0 saturated heterocycles. The maximum atomic E-state index is 12.8. The fraction of sp³-hybridized carbons (Fsp3) is 0.333. The van der Waals surface area contributed by atoms with Crippen molar-refractivity contribution in [2.24, 2.45) is 0 Å². The molecule has 2 aromatic rings. The third kappa shape index (κ3) is 3.12. The summed E-state index contributed by atoms with van der Waals surface area (Å²) in [7, 11) is 1.63. The summed E-state index contributed by atoms with van der Waals surface area (Å²) in [6, 6.07) is 8.07. The fourth-order valence-corrected chi connectivity index (χ4v) is 4.01. The molecule has 2 heterocycles. The molecule has 1 amide bonds. The van der Waals surface area contributed by atoms with Gasteiger partial charge in [0.15, 0.2) is 0 Å². The van der Waals surface area contributed by atoms with Gasteiger partial charge in [-0.05, 0) is 24.3 Å². The highest BCUT2D eigenvalue weighted by atomic mass is 32.2. The predicted octanol–water partition coefficient (Wildman–Crippen LogP) is 3.43. The van der Waals surface area contributed by atoms with Gasteiger partial charge in [0.2, 0.25) is 0 Å². The van der Waals surface area contributed by atoms with E-state index in [1.165, 1.54) is 11.3 Å². The van der Waals surface area contributed by atoms with Gasteiger partial charge in [0.1, 0.15) is 10.7 Å². The Balaban J connectivity index is 1.89. The first kappa shape index (κ1) is 14.6. The molecule has 4 nitrogen and oxygen atoms in total. The number of fused-ring (bicyclic) bond motifs is 1. The molecule has 110 valence electrons. The molecule has 0 N–H and O–H groups in total. The number of thioether (sulfide) groups is 1. The van der Waals surface area contributed by atoms with E-state index < -0.39 is 0 Å². The monoisotopic (exact) mass is 320 g/mol. The lowest BCUT2D eigenvalue weighted by Crippen LogP contribution is -2.32. The molecule has 0 fully saturated rings. The molecule has 0 atom stereocenters. The third-order valence-electron chi connectivity index (χ3n) is 3.22. The Hall–Kier alpha value is -1.37. The molecule has 0 bridgehead atoms. The van der Waals surface area contributed by atoms with Gasteiger partial charge in [0, 0.05) is 23.9 Å². The molecule has 1 aliphatic rings. The number of nitrogens with zero attached hydrogens (tertiary/aromatic N) is 2. The first-order valence-electron chi connectivity index (χ1n) is 6.76. The summed E-state index contributed by atoms with van der Waals surface area (Å²) in [5, 5.41) is 2.65. The number of thiazole rings is 1. The molecule has 1 aromatic heterocycles. The number of aromatic nitrogens is 1. The second-order valence-corrected chi connectivity index (χ2v) is 6.77. The fourth-order valence-electron chi connectivity index (χ4n) is 2.28. The molecular weight excluding hydrogens is 304 g/mol. The number of hydrogen-bond donors (Lipinski definition) is 0. The number of anilines is 1. The van der Waals surface area contributed by atoms with Gasteiger partial charge in [-0.25, -0.2) is 4.98 Å². The van der Waals surface area contributed by atoms with E-state index in [4.69, 9.17) is 4.74 Å². The Bertz CT molecular complexity index is 642. The number of amides is 1. The van der Waals surface area contributed by atoms with Crippen molar-refractivity contribution in [3.63, 3.8) is 0 Å². The van der Waals surface area contributed by atoms with Gasteiger partial charge in [0.05, 0.1) is 12.3 Å². The SMILES string of the molecule is COCc1nc(C(=O)N2CCCSc3ccccc32)cs1. The maximum absolute atomic E-state index is 12.8. The second-order valence-electron chi connectivity index (χ2n) is 4.69. The number of ether oxygens (including phenoxy) is 1. The zero-order chi connectivity index (χ0) is 14.7. The van der Waals surface area contributed by atoms with Gasteiger partial charge in [-0.1, -0.05) is 12.1 Å². The number of rotatable bonds is 3. The van der Waals surface area contributed by atoms with Gasteiger partial charge in [0.25, 0.3) is 5.91 Å². The first-order valence-corrected chi connectivity index (χ1v) is 8.63. The Morgan fingerprint density at radius 2 is 2.29 bits per heavy atom. The van der Waals surface area contributed by atoms with Crippen molar-refractivity contribution >= 4 is 34.7 Å². The average Bonchev–Trinajstić information content (AvgIpc) is 2.86. The standard InChI is InChI=1S/C15H16N2O2S2/c1-19-9-14-16-11(10-21-14)15(18)17-7-4-8-20-13-6-3-2-5-12(13)17/h2-3,5-6,10H,4,7-9H2,1H3. The van der Waals surface area contributed by atoms with Crippen molar-refractivity contribution in [2.75, 3.05) is 24.3 Å². The minimum atomic E-state index is -0.0245. The molecule has 1 aromatic carbocycles. The van der Waals surface area contributed by atoms with Crippen LogP contribution in [-0.2, 0) is 11.3 Å². The number of para-hydroxylation sites is 1. The minimum absolute atomic E-state index is 0.0245. The molecule has 0 unspecified atom stereocenters. The quantitative estimate of drug-likeness (QED) is 0.869. The molecule has 0 radical (unpaired) electrons. The highest BCUT2D eigenvalue weighted by Gasteiger charge is 2.24. The molecule has 1 aliphatic heterocycles. The number of carbonyl (C=O) groups excluding carboxylic acids is 1. The van der Waals surface area contributed by atoms with Gasteiger partial charge in [-0.15, -0.1) is 23.1 Å². The summed E-state index contributed by atoms with van der Waals surface area (Å²) in [6.45, 7) is 1.18. The van der Waals surface area contributed by atoms with Crippen LogP contribution < -0.4 is 4.90 Å². The summed E-state index contributed by atoms with van der Waals surface area (Å²) in [6.07, 6.45) is 0.986. The summed E-state index contributed by atoms with van der Waals surface area (Å²) in [4.78, 5) is 20.1. The summed E-state index contributed by atoms with van der Waals surface area (Å²) in [5.41, 5.74) is 1.50. The van der Waals surface area contributed by atoms with Crippen LogP contribution in [0.2, 0.25) is 0 Å². The van der Waals surface area contributed by atoms with Crippen molar-refractivity contribution in [3.05, 3.63) is 40.3 Å². The minimum Gasteiger partial charge on any atom is -0.378 e. The zero-order valence-electron chi connectivity index (χ0n) is 11.7. The molecular formula is C15H16N2O2S2. The molecule has 0 spiro atoms. The van der Waals surface area contributed by atoms with Crippen LogP contribution in [0.5, 0.6) is 0 Å². The van der Waals surface area contributed by atoms with Crippen LogP contribution in [0.3, 0.4) is 0 Å². The largest absolute Gasteiger partial charge is 0.378 e. The lowest BCUT2D eigenvalue weighted by atomic mass is 10.2. The number of methoxy groups -OCH3 is 1. The van der Waals surface area contributed by atoms with E-state index in [0.29, 0.717) is 12.3 Å². The van der Waals surface area contributed by atoms with Crippen LogP contribution in [0.4, 0.5) is 5.69 Å². The lowest BCUT2D eigenvalue weighted by Gasteiger charge is -2.21. The molecule has 0 aliphatic carbocycles.